The van der Waals surface area contributed by atoms with Crippen LogP contribution in [0.25, 0.3) is 0 Å². The van der Waals surface area contributed by atoms with Crippen LogP contribution in [0.1, 0.15) is 25.8 Å². The van der Waals surface area contributed by atoms with E-state index in [4.69, 9.17) is 0 Å². The first-order valence-electron chi connectivity index (χ1n) is 7.40. The summed E-state index contributed by atoms with van der Waals surface area (Å²) in [7, 11) is -3.00. The van der Waals surface area contributed by atoms with Crippen molar-refractivity contribution in [2.45, 2.75) is 32.9 Å². The van der Waals surface area contributed by atoms with Gasteiger partial charge in [0.2, 0.25) is 0 Å². The molecule has 0 bridgehead atoms. The predicted molar refractivity (Wildman–Crippen MR) is 83.9 cm³/mol. The van der Waals surface area contributed by atoms with Crippen molar-refractivity contribution >= 4 is 15.5 Å². The van der Waals surface area contributed by atoms with E-state index in [1.54, 1.807) is 6.07 Å². The van der Waals surface area contributed by atoms with Crippen LogP contribution in [0, 0.1) is 5.82 Å². The Kier molecular flexibility index (Phi) is 5.22. The van der Waals surface area contributed by atoms with Gasteiger partial charge in [-0.25, -0.2) is 12.8 Å². The van der Waals surface area contributed by atoms with Gasteiger partial charge in [0.25, 0.3) is 0 Å². The highest BCUT2D eigenvalue weighted by Gasteiger charge is 2.30. The molecule has 1 aliphatic rings. The summed E-state index contributed by atoms with van der Waals surface area (Å²) in [6, 6.07) is 4.84. The fourth-order valence-electron chi connectivity index (χ4n) is 2.75. The van der Waals surface area contributed by atoms with Crippen molar-refractivity contribution in [3.63, 3.8) is 0 Å². The lowest BCUT2D eigenvalue weighted by atomic mass is 10.1. The second-order valence-electron chi connectivity index (χ2n) is 5.58. The molecule has 1 aliphatic heterocycles. The second kappa shape index (κ2) is 6.75. The minimum Gasteiger partial charge on any atom is -0.364 e. The molecule has 21 heavy (non-hydrogen) atoms. The Labute approximate surface area is 126 Å². The Hall–Kier alpha value is -1.14. The molecule has 1 aromatic rings. The summed E-state index contributed by atoms with van der Waals surface area (Å²) in [5.74, 6) is -0.103. The zero-order valence-electron chi connectivity index (χ0n) is 12.6. The van der Waals surface area contributed by atoms with Gasteiger partial charge in [0.1, 0.15) is 5.82 Å². The molecule has 118 valence electrons. The Morgan fingerprint density at radius 3 is 2.86 bits per heavy atom. The van der Waals surface area contributed by atoms with Crippen molar-refractivity contribution in [1.82, 2.24) is 5.32 Å². The van der Waals surface area contributed by atoms with Crippen LogP contribution < -0.4 is 10.2 Å². The fraction of sp³-hybridized carbons (Fsp3) is 0.600. The highest BCUT2D eigenvalue weighted by molar-refractivity contribution is 7.91. The number of halogens is 1. The summed E-state index contributed by atoms with van der Waals surface area (Å²) in [5.41, 5.74) is 1.43. The van der Waals surface area contributed by atoms with E-state index < -0.39 is 9.84 Å². The van der Waals surface area contributed by atoms with Crippen LogP contribution in [-0.4, -0.2) is 39.1 Å². The molecule has 0 saturated carbocycles. The maximum absolute atomic E-state index is 14.3. The van der Waals surface area contributed by atoms with E-state index >= 15 is 0 Å². The Balaban J connectivity index is 2.25. The smallest absolute Gasteiger partial charge is 0.154 e. The monoisotopic (exact) mass is 314 g/mol. The van der Waals surface area contributed by atoms with Crippen LogP contribution in [0.4, 0.5) is 10.1 Å². The summed E-state index contributed by atoms with van der Waals surface area (Å²) in [6.07, 6.45) is 1.02. The number of hydrogen-bond donors (Lipinski definition) is 1. The number of para-hydroxylation sites is 1. The highest BCUT2D eigenvalue weighted by atomic mass is 32.2. The standard InChI is InChI=1S/C15H23FN2O2S/c1-3-7-17-10-13-5-4-6-14(16)15(13)18-8-9-21(19,20)11-12(18)2/h4-6,12,17H,3,7-11H2,1-2H3. The molecule has 1 atom stereocenters. The first-order chi connectivity index (χ1) is 9.94. The summed E-state index contributed by atoms with van der Waals surface area (Å²) in [4.78, 5) is 1.89. The molecule has 0 aliphatic carbocycles. The molecule has 0 amide bonds. The molecule has 1 heterocycles. The van der Waals surface area contributed by atoms with Crippen molar-refractivity contribution in [1.29, 1.82) is 0 Å². The Morgan fingerprint density at radius 2 is 2.19 bits per heavy atom. The van der Waals surface area contributed by atoms with Crippen molar-refractivity contribution in [3.8, 4) is 0 Å². The van der Waals surface area contributed by atoms with Gasteiger partial charge in [-0.3, -0.25) is 0 Å². The number of hydrogen-bond acceptors (Lipinski definition) is 4. The summed E-state index contributed by atoms with van der Waals surface area (Å²) < 4.78 is 37.7. The molecule has 0 radical (unpaired) electrons. The lowest BCUT2D eigenvalue weighted by Crippen LogP contribution is -2.47. The van der Waals surface area contributed by atoms with E-state index in [-0.39, 0.29) is 23.4 Å². The van der Waals surface area contributed by atoms with Crippen LogP contribution in [0.2, 0.25) is 0 Å². The third kappa shape index (κ3) is 3.95. The molecule has 0 aromatic heterocycles. The molecule has 1 aromatic carbocycles. The lowest BCUT2D eigenvalue weighted by Gasteiger charge is -2.36. The number of sulfone groups is 1. The molecule has 1 unspecified atom stereocenters. The van der Waals surface area contributed by atoms with Crippen LogP contribution in [0.5, 0.6) is 0 Å². The Morgan fingerprint density at radius 1 is 1.43 bits per heavy atom. The zero-order chi connectivity index (χ0) is 15.5. The van der Waals surface area contributed by atoms with E-state index in [9.17, 15) is 12.8 Å². The zero-order valence-corrected chi connectivity index (χ0v) is 13.4. The van der Waals surface area contributed by atoms with E-state index in [1.165, 1.54) is 6.07 Å². The third-order valence-corrected chi connectivity index (χ3v) is 5.57. The van der Waals surface area contributed by atoms with Gasteiger partial charge in [0, 0.05) is 19.1 Å². The van der Waals surface area contributed by atoms with Crippen molar-refractivity contribution in [2.24, 2.45) is 0 Å². The molecule has 1 N–H and O–H groups in total. The highest BCUT2D eigenvalue weighted by Crippen LogP contribution is 2.28. The van der Waals surface area contributed by atoms with Crippen molar-refractivity contribution in [3.05, 3.63) is 29.6 Å². The van der Waals surface area contributed by atoms with Crippen molar-refractivity contribution < 1.29 is 12.8 Å². The minimum atomic E-state index is -3.00. The van der Waals surface area contributed by atoms with Gasteiger partial charge in [0.05, 0.1) is 17.2 Å². The number of benzene rings is 1. The molecular formula is C15H23FN2O2S. The van der Waals surface area contributed by atoms with E-state index in [0.29, 0.717) is 18.8 Å². The van der Waals surface area contributed by atoms with E-state index in [2.05, 4.69) is 12.2 Å². The molecule has 0 spiro atoms. The predicted octanol–water partition coefficient (Wildman–Crippen LogP) is 1.95. The lowest BCUT2D eigenvalue weighted by molar-refractivity contribution is 0.556. The molecule has 6 heteroatoms. The van der Waals surface area contributed by atoms with Gasteiger partial charge in [-0.2, -0.15) is 0 Å². The number of nitrogens with one attached hydrogen (secondary N) is 1. The van der Waals surface area contributed by atoms with Crippen LogP contribution >= 0.6 is 0 Å². The largest absolute Gasteiger partial charge is 0.364 e. The van der Waals surface area contributed by atoms with E-state index in [0.717, 1.165) is 18.5 Å². The topological polar surface area (TPSA) is 49.4 Å². The first kappa shape index (κ1) is 16.2. The quantitative estimate of drug-likeness (QED) is 0.844. The maximum Gasteiger partial charge on any atom is 0.154 e. The molecular weight excluding hydrogens is 291 g/mol. The number of nitrogens with zero attached hydrogens (tertiary/aromatic N) is 1. The molecule has 4 nitrogen and oxygen atoms in total. The van der Waals surface area contributed by atoms with E-state index in [1.807, 2.05) is 17.9 Å². The molecule has 2 rings (SSSR count). The SMILES string of the molecule is CCCNCc1cccc(F)c1N1CCS(=O)(=O)CC1C. The van der Waals surface area contributed by atoms with Gasteiger partial charge in [-0.05, 0) is 31.5 Å². The van der Waals surface area contributed by atoms with Crippen LogP contribution in [0.3, 0.4) is 0 Å². The van der Waals surface area contributed by atoms with Crippen LogP contribution in [-0.2, 0) is 16.4 Å². The first-order valence-corrected chi connectivity index (χ1v) is 9.22. The Bertz CT molecular complexity index is 589. The summed E-state index contributed by atoms with van der Waals surface area (Å²) >= 11 is 0. The second-order valence-corrected chi connectivity index (χ2v) is 7.81. The van der Waals surface area contributed by atoms with Gasteiger partial charge in [-0.1, -0.05) is 19.1 Å². The average Bonchev–Trinajstić information content (AvgIpc) is 2.40. The normalized spacial score (nSPS) is 21.5. The van der Waals surface area contributed by atoms with Gasteiger partial charge >= 0.3 is 0 Å². The van der Waals surface area contributed by atoms with Crippen LogP contribution in [0.15, 0.2) is 18.2 Å². The molecule has 1 saturated heterocycles. The van der Waals surface area contributed by atoms with Gasteiger partial charge < -0.3 is 10.2 Å². The van der Waals surface area contributed by atoms with Crippen molar-refractivity contribution in [2.75, 3.05) is 29.5 Å². The number of anilines is 1. The number of rotatable bonds is 5. The average molecular weight is 314 g/mol. The summed E-state index contributed by atoms with van der Waals surface area (Å²) in [5, 5.41) is 3.28. The van der Waals surface area contributed by atoms with Gasteiger partial charge in [-0.15, -0.1) is 0 Å². The maximum atomic E-state index is 14.3. The minimum absolute atomic E-state index is 0.0865. The fourth-order valence-corrected chi connectivity index (χ4v) is 4.31. The van der Waals surface area contributed by atoms with Gasteiger partial charge in [0.15, 0.2) is 9.84 Å². The third-order valence-electron chi connectivity index (χ3n) is 3.77. The summed E-state index contributed by atoms with van der Waals surface area (Å²) in [6.45, 7) is 5.74. The molecule has 1 fully saturated rings.